The number of likely N-dealkylation sites (tertiary alicyclic amines) is 1. The molecule has 1 aliphatic rings. The Morgan fingerprint density at radius 3 is 2.55 bits per heavy atom. The Kier molecular flexibility index (Phi) is 6.12. The zero-order valence-electron chi connectivity index (χ0n) is 17.4. The van der Waals surface area contributed by atoms with Gasteiger partial charge in [-0.15, -0.1) is 0 Å². The molecule has 0 saturated carbocycles. The summed E-state index contributed by atoms with van der Waals surface area (Å²) in [6, 6.07) is 16.0. The lowest BCUT2D eigenvalue weighted by molar-refractivity contribution is 0.0852. The molecule has 1 aromatic heterocycles. The van der Waals surface area contributed by atoms with Crippen LogP contribution in [-0.2, 0) is 11.2 Å². The SMILES string of the molecule is COCCC(=O)n1cc2ccc(-c3ccc(CCN4CCCC4C)cc3)cc2c1. The molecule has 0 aliphatic carbocycles. The molecule has 0 N–H and O–H groups in total. The molecule has 2 heterocycles. The van der Waals surface area contributed by atoms with Gasteiger partial charge in [0.25, 0.3) is 0 Å². The highest BCUT2D eigenvalue weighted by atomic mass is 16.5. The van der Waals surface area contributed by atoms with Crippen molar-refractivity contribution in [2.24, 2.45) is 0 Å². The molecule has 4 rings (SSSR count). The number of rotatable bonds is 7. The Morgan fingerprint density at radius 2 is 1.83 bits per heavy atom. The average Bonchev–Trinajstić information content (AvgIpc) is 3.36. The van der Waals surface area contributed by atoms with E-state index in [-0.39, 0.29) is 5.91 Å². The highest BCUT2D eigenvalue weighted by molar-refractivity contribution is 5.91. The molecule has 1 atom stereocenters. The van der Waals surface area contributed by atoms with Crippen LogP contribution in [0.25, 0.3) is 21.9 Å². The Hall–Kier alpha value is -2.43. The van der Waals surface area contributed by atoms with E-state index in [2.05, 4.69) is 54.3 Å². The number of carbonyl (C=O) groups excluding carboxylic acids is 1. The zero-order valence-corrected chi connectivity index (χ0v) is 17.4. The standard InChI is InChI=1S/C25H30N2O2/c1-19-4-3-13-26(19)14-11-20-5-7-21(8-6-20)22-9-10-23-17-27(18-24(23)16-22)25(28)12-15-29-2/h5-10,16-19H,3-4,11-15H2,1-2H3. The Labute approximate surface area is 173 Å². The first kappa shape index (κ1) is 19.9. The fourth-order valence-electron chi connectivity index (χ4n) is 4.24. The summed E-state index contributed by atoms with van der Waals surface area (Å²) in [5.74, 6) is 0.0567. The van der Waals surface area contributed by atoms with Gasteiger partial charge in [-0.1, -0.05) is 36.4 Å². The van der Waals surface area contributed by atoms with E-state index < -0.39 is 0 Å². The minimum atomic E-state index is 0.0567. The summed E-state index contributed by atoms with van der Waals surface area (Å²) in [5.41, 5.74) is 3.78. The first-order chi connectivity index (χ1) is 14.1. The molecule has 1 unspecified atom stereocenters. The molecule has 2 aromatic carbocycles. The lowest BCUT2D eigenvalue weighted by Crippen LogP contribution is -2.28. The fourth-order valence-corrected chi connectivity index (χ4v) is 4.24. The van der Waals surface area contributed by atoms with E-state index in [4.69, 9.17) is 4.74 Å². The van der Waals surface area contributed by atoms with Crippen molar-refractivity contribution in [2.75, 3.05) is 26.8 Å². The summed E-state index contributed by atoms with van der Waals surface area (Å²) < 4.78 is 6.69. The van der Waals surface area contributed by atoms with Crippen molar-refractivity contribution in [1.29, 1.82) is 0 Å². The molecular weight excluding hydrogens is 360 g/mol. The first-order valence-corrected chi connectivity index (χ1v) is 10.6. The van der Waals surface area contributed by atoms with Crippen LogP contribution in [0.5, 0.6) is 0 Å². The fraction of sp³-hybridized carbons (Fsp3) is 0.400. The number of hydrogen-bond donors (Lipinski definition) is 0. The van der Waals surface area contributed by atoms with Crippen LogP contribution in [0.2, 0.25) is 0 Å². The maximum absolute atomic E-state index is 12.2. The third kappa shape index (κ3) is 4.60. The number of ether oxygens (including phenoxy) is 1. The number of hydrogen-bond acceptors (Lipinski definition) is 3. The van der Waals surface area contributed by atoms with Gasteiger partial charge in [0.2, 0.25) is 5.91 Å². The largest absolute Gasteiger partial charge is 0.384 e. The molecule has 0 amide bonds. The van der Waals surface area contributed by atoms with Crippen LogP contribution in [0, 0.1) is 0 Å². The third-order valence-corrected chi connectivity index (χ3v) is 6.12. The van der Waals surface area contributed by atoms with Crippen molar-refractivity contribution in [2.45, 2.75) is 38.6 Å². The van der Waals surface area contributed by atoms with Crippen LogP contribution in [-0.4, -0.2) is 48.2 Å². The van der Waals surface area contributed by atoms with Crippen LogP contribution >= 0.6 is 0 Å². The number of methoxy groups -OCH3 is 1. The van der Waals surface area contributed by atoms with Gasteiger partial charge in [0.1, 0.15) is 0 Å². The molecule has 152 valence electrons. The molecule has 1 saturated heterocycles. The van der Waals surface area contributed by atoms with E-state index in [1.54, 1.807) is 11.7 Å². The molecule has 0 radical (unpaired) electrons. The molecule has 0 bridgehead atoms. The van der Waals surface area contributed by atoms with E-state index >= 15 is 0 Å². The summed E-state index contributed by atoms with van der Waals surface area (Å²) in [4.78, 5) is 14.8. The van der Waals surface area contributed by atoms with Crippen LogP contribution in [0.3, 0.4) is 0 Å². The Bertz CT molecular complexity index is 974. The van der Waals surface area contributed by atoms with Crippen molar-refractivity contribution in [3.63, 3.8) is 0 Å². The molecular formula is C25H30N2O2. The summed E-state index contributed by atoms with van der Waals surface area (Å²) in [6.45, 7) is 5.18. The lowest BCUT2D eigenvalue weighted by atomic mass is 10.0. The van der Waals surface area contributed by atoms with Crippen molar-refractivity contribution in [1.82, 2.24) is 9.47 Å². The minimum absolute atomic E-state index is 0.0567. The quantitative estimate of drug-likeness (QED) is 0.569. The molecule has 4 nitrogen and oxygen atoms in total. The molecule has 29 heavy (non-hydrogen) atoms. The highest BCUT2D eigenvalue weighted by Crippen LogP contribution is 2.26. The van der Waals surface area contributed by atoms with Gasteiger partial charge >= 0.3 is 0 Å². The van der Waals surface area contributed by atoms with Crippen molar-refractivity contribution in [3.8, 4) is 11.1 Å². The van der Waals surface area contributed by atoms with E-state index in [1.807, 2.05) is 12.4 Å². The molecule has 1 fully saturated rings. The second-order valence-corrected chi connectivity index (χ2v) is 8.12. The predicted molar refractivity (Wildman–Crippen MR) is 118 cm³/mol. The molecule has 0 spiro atoms. The maximum Gasteiger partial charge on any atom is 0.232 e. The molecule has 1 aliphatic heterocycles. The van der Waals surface area contributed by atoms with Gasteiger partial charge in [0, 0.05) is 37.5 Å². The van der Waals surface area contributed by atoms with E-state index in [1.165, 1.54) is 36.1 Å². The van der Waals surface area contributed by atoms with Crippen LogP contribution in [0.15, 0.2) is 54.9 Å². The van der Waals surface area contributed by atoms with E-state index in [0.29, 0.717) is 13.0 Å². The summed E-state index contributed by atoms with van der Waals surface area (Å²) >= 11 is 0. The predicted octanol–water partition coefficient (Wildman–Crippen LogP) is 5.01. The summed E-state index contributed by atoms with van der Waals surface area (Å²) in [7, 11) is 1.62. The number of fused-ring (bicyclic) bond motifs is 1. The van der Waals surface area contributed by atoms with Crippen molar-refractivity contribution in [3.05, 3.63) is 60.4 Å². The average molecular weight is 391 g/mol. The van der Waals surface area contributed by atoms with Gasteiger partial charge < -0.3 is 9.64 Å². The third-order valence-electron chi connectivity index (χ3n) is 6.12. The van der Waals surface area contributed by atoms with Gasteiger partial charge in [-0.05, 0) is 60.9 Å². The number of carbonyl (C=O) groups is 1. The molecule has 3 aromatic rings. The monoisotopic (exact) mass is 390 g/mol. The normalized spacial score (nSPS) is 17.2. The highest BCUT2D eigenvalue weighted by Gasteiger charge is 2.19. The number of nitrogens with zero attached hydrogens (tertiary/aromatic N) is 2. The number of aromatic nitrogens is 1. The van der Waals surface area contributed by atoms with Crippen LogP contribution in [0.1, 0.15) is 36.5 Å². The van der Waals surface area contributed by atoms with Gasteiger partial charge in [-0.25, -0.2) is 0 Å². The maximum atomic E-state index is 12.2. The van der Waals surface area contributed by atoms with E-state index in [9.17, 15) is 4.79 Å². The Balaban J connectivity index is 1.45. The van der Waals surface area contributed by atoms with Crippen molar-refractivity contribution < 1.29 is 9.53 Å². The van der Waals surface area contributed by atoms with Gasteiger partial charge in [-0.2, -0.15) is 0 Å². The van der Waals surface area contributed by atoms with Gasteiger partial charge in [0.15, 0.2) is 0 Å². The van der Waals surface area contributed by atoms with Crippen LogP contribution < -0.4 is 0 Å². The van der Waals surface area contributed by atoms with Crippen molar-refractivity contribution >= 4 is 16.7 Å². The minimum Gasteiger partial charge on any atom is -0.384 e. The lowest BCUT2D eigenvalue weighted by Gasteiger charge is -2.20. The summed E-state index contributed by atoms with van der Waals surface area (Å²) in [5, 5.41) is 2.16. The van der Waals surface area contributed by atoms with E-state index in [0.717, 1.165) is 29.8 Å². The Morgan fingerprint density at radius 1 is 1.07 bits per heavy atom. The molecule has 4 heteroatoms. The van der Waals surface area contributed by atoms with Gasteiger partial charge in [0.05, 0.1) is 13.0 Å². The van der Waals surface area contributed by atoms with Gasteiger partial charge in [-0.3, -0.25) is 9.36 Å². The first-order valence-electron chi connectivity index (χ1n) is 10.6. The van der Waals surface area contributed by atoms with Crippen LogP contribution in [0.4, 0.5) is 0 Å². The second kappa shape index (κ2) is 8.93. The zero-order chi connectivity index (χ0) is 20.2. The number of benzene rings is 2. The second-order valence-electron chi connectivity index (χ2n) is 8.12. The smallest absolute Gasteiger partial charge is 0.232 e. The topological polar surface area (TPSA) is 34.5 Å². The summed E-state index contributed by atoms with van der Waals surface area (Å²) in [6.07, 6.45) is 7.99.